The van der Waals surface area contributed by atoms with Gasteiger partial charge in [-0.2, -0.15) is 13.2 Å². The van der Waals surface area contributed by atoms with Gasteiger partial charge in [0.2, 0.25) is 0 Å². The molecule has 1 fully saturated rings. The Morgan fingerprint density at radius 3 is 2.46 bits per heavy atom. The number of carbonyl (C=O) groups is 1. The van der Waals surface area contributed by atoms with E-state index in [-0.39, 0.29) is 28.5 Å². The maximum absolute atomic E-state index is 14.2. The molecule has 5 rings (SSSR count). The van der Waals surface area contributed by atoms with E-state index in [9.17, 15) is 18.0 Å². The lowest BCUT2D eigenvalue weighted by Gasteiger charge is -2.33. The molecule has 0 saturated carbocycles. The van der Waals surface area contributed by atoms with Gasteiger partial charge in [0.05, 0.1) is 13.2 Å². The Balaban J connectivity index is 1.50. The Morgan fingerprint density at radius 1 is 1.03 bits per heavy atom. The third kappa shape index (κ3) is 4.58. The molecule has 1 amide bonds. The van der Waals surface area contributed by atoms with Crippen LogP contribution in [0, 0.1) is 0 Å². The van der Waals surface area contributed by atoms with Gasteiger partial charge in [0.15, 0.2) is 11.5 Å². The van der Waals surface area contributed by atoms with Crippen LogP contribution in [-0.4, -0.2) is 49.2 Å². The Labute approximate surface area is 204 Å². The first-order chi connectivity index (χ1) is 16.8. The van der Waals surface area contributed by atoms with E-state index < -0.39 is 18.0 Å². The molecule has 0 unspecified atom stereocenters. The van der Waals surface area contributed by atoms with Crippen molar-refractivity contribution in [3.8, 4) is 11.5 Å². The Kier molecular flexibility index (Phi) is 6.14. The van der Waals surface area contributed by atoms with Gasteiger partial charge in [0.1, 0.15) is 0 Å². The highest BCUT2D eigenvalue weighted by atomic mass is 35.5. The minimum atomic E-state index is -5.06. The SMILES string of the molecule is O=C(N[C@@]1(C(F)(F)F)Oc2ccc(Cl)cc2O1)C1=C(N2CCOCC2)/C(=C\c2ccccc2)CC1. The molecule has 1 atom stereocenters. The maximum Gasteiger partial charge on any atom is 0.492 e. The number of nitrogens with one attached hydrogen (secondary N) is 1. The van der Waals surface area contributed by atoms with Gasteiger partial charge < -0.3 is 19.1 Å². The molecule has 1 saturated heterocycles. The number of morpholine rings is 1. The number of alkyl halides is 3. The summed E-state index contributed by atoms with van der Waals surface area (Å²) in [4.78, 5) is 15.4. The van der Waals surface area contributed by atoms with Crippen LogP contribution in [0.15, 0.2) is 65.4 Å². The maximum atomic E-state index is 14.2. The second kappa shape index (κ2) is 9.13. The van der Waals surface area contributed by atoms with Gasteiger partial charge in [-0.15, -0.1) is 0 Å². The summed E-state index contributed by atoms with van der Waals surface area (Å²) in [5, 5.41) is 2.18. The second-order valence-corrected chi connectivity index (χ2v) is 8.81. The van der Waals surface area contributed by atoms with Gasteiger partial charge in [-0.05, 0) is 42.2 Å². The molecular formula is C25H22ClF3N2O4. The molecule has 0 aromatic heterocycles. The topological polar surface area (TPSA) is 60.0 Å². The fourth-order valence-electron chi connectivity index (χ4n) is 4.42. The van der Waals surface area contributed by atoms with Gasteiger partial charge >= 0.3 is 12.1 Å². The Bertz CT molecular complexity index is 1190. The second-order valence-electron chi connectivity index (χ2n) is 8.37. The van der Waals surface area contributed by atoms with Crippen molar-refractivity contribution in [1.29, 1.82) is 0 Å². The molecule has 2 aromatic rings. The van der Waals surface area contributed by atoms with Crippen LogP contribution < -0.4 is 14.8 Å². The van der Waals surface area contributed by atoms with E-state index in [4.69, 9.17) is 25.8 Å². The first-order valence-corrected chi connectivity index (χ1v) is 11.5. The van der Waals surface area contributed by atoms with Crippen LogP contribution in [0.4, 0.5) is 13.2 Å². The average Bonchev–Trinajstić information content (AvgIpc) is 3.41. The van der Waals surface area contributed by atoms with E-state index >= 15 is 0 Å². The van der Waals surface area contributed by atoms with Crippen LogP contribution in [0.2, 0.25) is 5.02 Å². The molecule has 0 spiro atoms. The quantitative estimate of drug-likeness (QED) is 0.639. The molecule has 3 aliphatic rings. The average molecular weight is 507 g/mol. The lowest BCUT2D eigenvalue weighted by atomic mass is 10.1. The molecule has 0 radical (unpaired) electrons. The molecule has 1 aliphatic carbocycles. The predicted molar refractivity (Wildman–Crippen MR) is 123 cm³/mol. The van der Waals surface area contributed by atoms with Gasteiger partial charge in [-0.3, -0.25) is 10.1 Å². The summed E-state index contributed by atoms with van der Waals surface area (Å²) in [6.45, 7) is 1.98. The van der Waals surface area contributed by atoms with Crippen molar-refractivity contribution in [2.45, 2.75) is 24.9 Å². The summed E-state index contributed by atoms with van der Waals surface area (Å²) in [7, 11) is 0. The Hall–Kier alpha value is -3.17. The van der Waals surface area contributed by atoms with Crippen LogP contribution in [0.1, 0.15) is 18.4 Å². The van der Waals surface area contributed by atoms with E-state index in [1.807, 2.05) is 46.6 Å². The summed E-state index contributed by atoms with van der Waals surface area (Å²) in [5.41, 5.74) is 2.70. The van der Waals surface area contributed by atoms with Crippen molar-refractivity contribution in [1.82, 2.24) is 10.2 Å². The zero-order valence-corrected chi connectivity index (χ0v) is 19.3. The number of allylic oxidation sites excluding steroid dienone is 1. The molecule has 1 N–H and O–H groups in total. The molecule has 6 nitrogen and oxygen atoms in total. The minimum absolute atomic E-state index is 0.162. The molecule has 0 bridgehead atoms. The van der Waals surface area contributed by atoms with Crippen molar-refractivity contribution >= 4 is 23.6 Å². The van der Waals surface area contributed by atoms with Crippen molar-refractivity contribution in [2.75, 3.05) is 26.3 Å². The molecule has 2 aromatic carbocycles. The standard InChI is InChI=1S/C25H22ClF3N2O4/c26-18-7-9-20-21(15-18)35-25(34-20,24(27,28)29)30-23(32)19-8-6-17(14-16-4-2-1-3-5-16)22(19)31-10-12-33-13-11-31/h1-5,7,9,14-15H,6,8,10-13H2,(H,30,32)/b17-14-/t25-/m0/s1. The number of hydrogen-bond donors (Lipinski definition) is 1. The number of halogens is 4. The smallest absolute Gasteiger partial charge is 0.424 e. The van der Waals surface area contributed by atoms with Gasteiger partial charge in [0.25, 0.3) is 5.91 Å². The third-order valence-electron chi connectivity index (χ3n) is 6.04. The summed E-state index contributed by atoms with van der Waals surface area (Å²) < 4.78 is 58.3. The minimum Gasteiger partial charge on any atom is -0.424 e. The number of ether oxygens (including phenoxy) is 3. The highest BCUT2D eigenvalue weighted by Gasteiger charge is 2.66. The van der Waals surface area contributed by atoms with Gasteiger partial charge in [-0.1, -0.05) is 41.9 Å². The lowest BCUT2D eigenvalue weighted by Crippen LogP contribution is -2.65. The summed E-state index contributed by atoms with van der Waals surface area (Å²) in [6, 6.07) is 13.4. The predicted octanol–water partition coefficient (Wildman–Crippen LogP) is 4.91. The fourth-order valence-corrected chi connectivity index (χ4v) is 4.58. The summed E-state index contributed by atoms with van der Waals surface area (Å²) in [6.07, 6.45) is -2.30. The fraction of sp³-hybridized carbons (Fsp3) is 0.320. The molecular weight excluding hydrogens is 485 g/mol. The van der Waals surface area contributed by atoms with Crippen molar-refractivity contribution in [3.63, 3.8) is 0 Å². The van der Waals surface area contributed by atoms with Crippen molar-refractivity contribution in [2.24, 2.45) is 0 Å². The third-order valence-corrected chi connectivity index (χ3v) is 6.28. The zero-order chi connectivity index (χ0) is 24.6. The molecule has 2 heterocycles. The molecule has 2 aliphatic heterocycles. The van der Waals surface area contributed by atoms with Crippen molar-refractivity contribution in [3.05, 3.63) is 76.0 Å². The van der Waals surface area contributed by atoms with Crippen molar-refractivity contribution < 1.29 is 32.2 Å². The van der Waals surface area contributed by atoms with Crippen LogP contribution in [-0.2, 0) is 9.53 Å². The number of hydrogen-bond acceptors (Lipinski definition) is 5. The molecule has 184 valence electrons. The summed E-state index contributed by atoms with van der Waals surface area (Å²) >= 11 is 5.89. The Morgan fingerprint density at radius 2 is 1.74 bits per heavy atom. The number of nitrogens with zero attached hydrogens (tertiary/aromatic N) is 1. The van der Waals surface area contributed by atoms with Gasteiger partial charge in [-0.25, -0.2) is 0 Å². The first kappa shape index (κ1) is 23.6. The number of benzene rings is 2. The van der Waals surface area contributed by atoms with Crippen LogP contribution in [0.3, 0.4) is 0 Å². The van der Waals surface area contributed by atoms with E-state index in [1.165, 1.54) is 18.2 Å². The van der Waals surface area contributed by atoms with E-state index in [0.29, 0.717) is 38.4 Å². The highest BCUT2D eigenvalue weighted by molar-refractivity contribution is 6.30. The monoisotopic (exact) mass is 506 g/mol. The number of carbonyl (C=O) groups excluding carboxylic acids is 1. The molecule has 10 heteroatoms. The van der Waals surface area contributed by atoms with E-state index in [1.54, 1.807) is 0 Å². The normalized spacial score (nSPS) is 23.2. The lowest BCUT2D eigenvalue weighted by molar-refractivity contribution is -0.319. The number of rotatable bonds is 4. The largest absolute Gasteiger partial charge is 0.492 e. The van der Waals surface area contributed by atoms with Crippen LogP contribution in [0.5, 0.6) is 11.5 Å². The summed E-state index contributed by atoms with van der Waals surface area (Å²) in [5.74, 6) is -4.62. The van der Waals surface area contributed by atoms with Gasteiger partial charge in [0, 0.05) is 35.4 Å². The first-order valence-electron chi connectivity index (χ1n) is 11.1. The van der Waals surface area contributed by atoms with Crippen LogP contribution in [0.25, 0.3) is 6.08 Å². The van der Waals surface area contributed by atoms with E-state index in [2.05, 4.69) is 0 Å². The number of amides is 1. The number of fused-ring (bicyclic) bond motifs is 1. The zero-order valence-electron chi connectivity index (χ0n) is 18.5. The van der Waals surface area contributed by atoms with E-state index in [0.717, 1.165) is 11.1 Å². The van der Waals surface area contributed by atoms with Crippen LogP contribution >= 0.6 is 11.6 Å². The molecule has 35 heavy (non-hydrogen) atoms. The highest BCUT2D eigenvalue weighted by Crippen LogP contribution is 2.46.